The normalized spacial score (nSPS) is 20.3. The van der Waals surface area contributed by atoms with Crippen molar-refractivity contribution in [1.82, 2.24) is 9.80 Å². The van der Waals surface area contributed by atoms with Gasteiger partial charge in [-0.25, -0.2) is 0 Å². The number of hydrogen-bond donors (Lipinski definition) is 0. The number of ether oxygens (including phenoxy) is 1. The number of aryl methyl sites for hydroxylation is 1. The highest BCUT2D eigenvalue weighted by molar-refractivity contribution is 5.77. The van der Waals surface area contributed by atoms with Crippen LogP contribution in [0.4, 0.5) is 0 Å². The second-order valence-electron chi connectivity index (χ2n) is 6.46. The summed E-state index contributed by atoms with van der Waals surface area (Å²) in [5, 5.41) is 0. The van der Waals surface area contributed by atoms with E-state index in [9.17, 15) is 4.79 Å². The van der Waals surface area contributed by atoms with Gasteiger partial charge in [-0.3, -0.25) is 9.69 Å². The fraction of sp³-hybridized carbons (Fsp3) is 0.611. The average Bonchev–Trinajstić information content (AvgIpc) is 3.09. The molecule has 3 rings (SSSR count). The predicted molar refractivity (Wildman–Crippen MR) is 87.1 cm³/mol. The van der Waals surface area contributed by atoms with Crippen molar-refractivity contribution in [2.45, 2.75) is 38.6 Å². The minimum atomic E-state index is 0.103. The molecule has 0 spiro atoms. The Morgan fingerprint density at radius 2 is 1.73 bits per heavy atom. The maximum atomic E-state index is 12.2. The molecule has 120 valence electrons. The van der Waals surface area contributed by atoms with E-state index in [1.54, 1.807) is 0 Å². The molecule has 0 bridgehead atoms. The van der Waals surface area contributed by atoms with E-state index >= 15 is 0 Å². The van der Waals surface area contributed by atoms with Crippen LogP contribution in [0, 0.1) is 6.92 Å². The molecular weight excluding hydrogens is 276 g/mol. The van der Waals surface area contributed by atoms with Crippen molar-refractivity contribution in [3.8, 4) is 5.75 Å². The zero-order chi connectivity index (χ0) is 15.4. The first-order valence-electron chi connectivity index (χ1n) is 8.44. The Kier molecular flexibility index (Phi) is 4.98. The summed E-state index contributed by atoms with van der Waals surface area (Å²) in [6.07, 6.45) is 5.41. The Balaban J connectivity index is 1.42. The zero-order valence-electron chi connectivity index (χ0n) is 13.5. The zero-order valence-corrected chi connectivity index (χ0v) is 13.5. The van der Waals surface area contributed by atoms with Crippen LogP contribution < -0.4 is 4.74 Å². The Morgan fingerprint density at radius 3 is 2.36 bits per heavy atom. The number of hydrogen-bond acceptors (Lipinski definition) is 3. The van der Waals surface area contributed by atoms with Gasteiger partial charge in [0, 0.05) is 32.2 Å². The summed E-state index contributed by atoms with van der Waals surface area (Å²) in [5.74, 6) is 0.871. The van der Waals surface area contributed by atoms with E-state index in [1.165, 1.54) is 31.2 Å². The van der Waals surface area contributed by atoms with Crippen molar-refractivity contribution >= 4 is 5.91 Å². The second kappa shape index (κ2) is 7.14. The molecule has 0 unspecified atom stereocenters. The van der Waals surface area contributed by atoms with Crippen LogP contribution >= 0.6 is 0 Å². The minimum Gasteiger partial charge on any atom is -0.484 e. The molecule has 0 atom stereocenters. The first-order valence-corrected chi connectivity index (χ1v) is 8.44. The number of carbonyl (C=O) groups excluding carboxylic acids is 1. The van der Waals surface area contributed by atoms with Crippen LogP contribution in [-0.4, -0.2) is 54.5 Å². The Hall–Kier alpha value is -1.55. The van der Waals surface area contributed by atoms with Crippen molar-refractivity contribution in [3.63, 3.8) is 0 Å². The molecule has 1 aromatic carbocycles. The van der Waals surface area contributed by atoms with Gasteiger partial charge in [0.1, 0.15) is 5.75 Å². The van der Waals surface area contributed by atoms with Crippen LogP contribution in [0.15, 0.2) is 24.3 Å². The van der Waals surface area contributed by atoms with Crippen LogP contribution in [0.2, 0.25) is 0 Å². The van der Waals surface area contributed by atoms with Gasteiger partial charge in [-0.05, 0) is 31.9 Å². The Morgan fingerprint density at radius 1 is 1.09 bits per heavy atom. The van der Waals surface area contributed by atoms with E-state index in [1.807, 2.05) is 36.1 Å². The third kappa shape index (κ3) is 3.80. The van der Waals surface area contributed by atoms with Crippen LogP contribution in [-0.2, 0) is 4.79 Å². The molecule has 1 aliphatic carbocycles. The van der Waals surface area contributed by atoms with Crippen molar-refractivity contribution < 1.29 is 9.53 Å². The highest BCUT2D eigenvalue weighted by Crippen LogP contribution is 2.24. The highest BCUT2D eigenvalue weighted by Gasteiger charge is 2.27. The molecule has 1 saturated carbocycles. The number of nitrogens with zero attached hydrogens (tertiary/aromatic N) is 2. The lowest BCUT2D eigenvalue weighted by Gasteiger charge is -2.38. The van der Waals surface area contributed by atoms with Crippen LogP contribution in [0.1, 0.15) is 31.2 Å². The molecule has 1 aromatic rings. The first-order chi connectivity index (χ1) is 10.7. The van der Waals surface area contributed by atoms with Crippen molar-refractivity contribution in [2.75, 3.05) is 32.8 Å². The summed E-state index contributed by atoms with van der Waals surface area (Å²) < 4.78 is 5.60. The number of piperazine rings is 1. The fourth-order valence-corrected chi connectivity index (χ4v) is 3.48. The summed E-state index contributed by atoms with van der Waals surface area (Å²) in [5.41, 5.74) is 1.20. The van der Waals surface area contributed by atoms with Gasteiger partial charge in [0.05, 0.1) is 0 Å². The van der Waals surface area contributed by atoms with E-state index in [2.05, 4.69) is 4.90 Å². The standard InChI is InChI=1S/C18H26N2O2/c1-15-6-8-17(9-7-15)22-14-18(21)20-12-10-19(11-13-20)16-4-2-3-5-16/h6-9,16H,2-5,10-14H2,1H3. The van der Waals surface area contributed by atoms with Crippen molar-refractivity contribution in [2.24, 2.45) is 0 Å². The smallest absolute Gasteiger partial charge is 0.260 e. The monoisotopic (exact) mass is 302 g/mol. The molecule has 0 radical (unpaired) electrons. The summed E-state index contributed by atoms with van der Waals surface area (Å²) in [7, 11) is 0. The topological polar surface area (TPSA) is 32.8 Å². The lowest BCUT2D eigenvalue weighted by molar-refractivity contribution is -0.135. The van der Waals surface area contributed by atoms with Gasteiger partial charge in [0.15, 0.2) is 6.61 Å². The summed E-state index contributed by atoms with van der Waals surface area (Å²) >= 11 is 0. The van der Waals surface area contributed by atoms with Gasteiger partial charge >= 0.3 is 0 Å². The lowest BCUT2D eigenvalue weighted by atomic mass is 10.2. The summed E-state index contributed by atoms with van der Waals surface area (Å²) in [6, 6.07) is 8.60. The second-order valence-corrected chi connectivity index (χ2v) is 6.46. The maximum absolute atomic E-state index is 12.2. The molecule has 4 heteroatoms. The van der Waals surface area contributed by atoms with Crippen molar-refractivity contribution in [3.05, 3.63) is 29.8 Å². The SMILES string of the molecule is Cc1ccc(OCC(=O)N2CCN(C3CCCC3)CC2)cc1. The molecule has 0 N–H and O–H groups in total. The van der Waals surface area contributed by atoms with Crippen LogP contribution in [0.3, 0.4) is 0 Å². The van der Waals surface area contributed by atoms with Crippen LogP contribution in [0.5, 0.6) is 5.75 Å². The first kappa shape index (κ1) is 15.3. The van der Waals surface area contributed by atoms with Gasteiger partial charge in [0.25, 0.3) is 5.91 Å². The van der Waals surface area contributed by atoms with E-state index < -0.39 is 0 Å². The Labute approximate surface area is 133 Å². The van der Waals surface area contributed by atoms with Crippen LogP contribution in [0.25, 0.3) is 0 Å². The number of amides is 1. The molecular formula is C18H26N2O2. The third-order valence-electron chi connectivity index (χ3n) is 4.89. The lowest BCUT2D eigenvalue weighted by Crippen LogP contribution is -2.52. The molecule has 1 heterocycles. The maximum Gasteiger partial charge on any atom is 0.260 e. The van der Waals surface area contributed by atoms with Crippen molar-refractivity contribution in [1.29, 1.82) is 0 Å². The molecule has 1 amide bonds. The molecule has 1 aliphatic heterocycles. The largest absolute Gasteiger partial charge is 0.484 e. The molecule has 0 aromatic heterocycles. The van der Waals surface area contributed by atoms with Gasteiger partial charge in [0.2, 0.25) is 0 Å². The van der Waals surface area contributed by atoms with Gasteiger partial charge in [-0.15, -0.1) is 0 Å². The number of carbonyl (C=O) groups is 1. The predicted octanol–water partition coefficient (Wildman–Crippen LogP) is 2.46. The third-order valence-corrected chi connectivity index (χ3v) is 4.89. The highest BCUT2D eigenvalue weighted by atomic mass is 16.5. The summed E-state index contributed by atoms with van der Waals surface area (Å²) in [4.78, 5) is 16.8. The minimum absolute atomic E-state index is 0.103. The molecule has 2 fully saturated rings. The fourth-order valence-electron chi connectivity index (χ4n) is 3.48. The summed E-state index contributed by atoms with van der Waals surface area (Å²) in [6.45, 7) is 5.90. The molecule has 22 heavy (non-hydrogen) atoms. The molecule has 2 aliphatic rings. The molecule has 4 nitrogen and oxygen atoms in total. The average molecular weight is 302 g/mol. The van der Waals surface area contributed by atoms with Gasteiger partial charge < -0.3 is 9.64 Å². The Bertz CT molecular complexity index is 486. The van der Waals surface area contributed by atoms with Gasteiger partial charge in [-0.2, -0.15) is 0 Å². The van der Waals surface area contributed by atoms with E-state index in [0.717, 1.165) is 38.0 Å². The molecule has 1 saturated heterocycles. The number of rotatable bonds is 4. The number of benzene rings is 1. The van der Waals surface area contributed by atoms with E-state index in [4.69, 9.17) is 4.74 Å². The quantitative estimate of drug-likeness (QED) is 0.856. The van der Waals surface area contributed by atoms with E-state index in [-0.39, 0.29) is 12.5 Å². The van der Waals surface area contributed by atoms with Gasteiger partial charge in [-0.1, -0.05) is 30.5 Å². The van der Waals surface area contributed by atoms with E-state index in [0.29, 0.717) is 0 Å².